The monoisotopic (exact) mass is 599 g/mol. The molecule has 0 aliphatic rings. The van der Waals surface area contributed by atoms with Gasteiger partial charge >= 0.3 is 0 Å². The largest absolute Gasteiger partial charge is 0.360 e. The van der Waals surface area contributed by atoms with Gasteiger partial charge in [-0.15, -0.1) is 0 Å². The Hall–Kier alpha value is -5.64. The average Bonchev–Trinajstić information content (AvgIpc) is 3.42. The van der Waals surface area contributed by atoms with E-state index in [2.05, 4.69) is 128 Å². The molecule has 0 spiro atoms. The zero-order chi connectivity index (χ0) is 32.5. The fourth-order valence-electron chi connectivity index (χ4n) is 5.84. The van der Waals surface area contributed by atoms with Crippen LogP contribution in [0, 0.1) is 0 Å². The van der Waals surface area contributed by atoms with Crippen LogP contribution in [0.4, 0.5) is 5.69 Å². The molecule has 0 aliphatic heterocycles. The summed E-state index contributed by atoms with van der Waals surface area (Å²) in [6.07, 6.45) is 19.2. The van der Waals surface area contributed by atoms with Crippen LogP contribution in [0.1, 0.15) is 25.0 Å². The van der Waals surface area contributed by atoms with Crippen molar-refractivity contribution in [2.75, 3.05) is 5.32 Å². The second-order valence-electron chi connectivity index (χ2n) is 11.1. The Morgan fingerprint density at radius 1 is 0.783 bits per heavy atom. The number of allylic oxidation sites excluding steroid dienone is 10. The molecule has 0 fully saturated rings. The molecule has 1 unspecified atom stereocenters. The first-order valence-corrected chi connectivity index (χ1v) is 15.5. The smallest absolute Gasteiger partial charge is 0.132 e. The highest BCUT2D eigenvalue weighted by molar-refractivity contribution is 6.10. The first-order chi connectivity index (χ1) is 22.4. The average molecular weight is 600 g/mol. The van der Waals surface area contributed by atoms with Crippen molar-refractivity contribution in [1.29, 1.82) is 0 Å². The Morgan fingerprint density at radius 2 is 1.50 bits per heavy atom. The molecule has 3 nitrogen and oxygen atoms in total. The van der Waals surface area contributed by atoms with Gasteiger partial charge in [-0.3, -0.25) is 0 Å². The molecule has 0 radical (unpaired) electrons. The molecule has 3 heteroatoms. The number of hydrogen-bond acceptors (Lipinski definition) is 2. The summed E-state index contributed by atoms with van der Waals surface area (Å²) in [5.41, 5.74) is 15.5. The van der Waals surface area contributed by atoms with E-state index in [1.807, 2.05) is 61.6 Å². The van der Waals surface area contributed by atoms with Gasteiger partial charge in [-0.25, -0.2) is 0 Å². The maximum atomic E-state index is 7.00. The predicted octanol–water partition coefficient (Wildman–Crippen LogP) is 11.0. The van der Waals surface area contributed by atoms with Gasteiger partial charge in [0, 0.05) is 27.7 Å². The summed E-state index contributed by atoms with van der Waals surface area (Å²) in [6.45, 7) is 16.0. The maximum absolute atomic E-state index is 7.00. The summed E-state index contributed by atoms with van der Waals surface area (Å²) in [5, 5.41) is 6.01. The molecule has 3 N–H and O–H groups in total. The highest BCUT2D eigenvalue weighted by atomic mass is 15.1. The van der Waals surface area contributed by atoms with E-state index >= 15 is 0 Å². The number of anilines is 1. The molecule has 1 heterocycles. The van der Waals surface area contributed by atoms with E-state index in [1.54, 1.807) is 12.2 Å². The van der Waals surface area contributed by atoms with Gasteiger partial charge in [-0.2, -0.15) is 0 Å². The van der Waals surface area contributed by atoms with Crippen LogP contribution in [0.15, 0.2) is 183 Å². The molecule has 5 rings (SSSR count). The number of para-hydroxylation sites is 3. The minimum Gasteiger partial charge on any atom is -0.360 e. The van der Waals surface area contributed by atoms with E-state index in [-0.39, 0.29) is 0 Å². The Balaban J connectivity index is 1.59. The highest BCUT2D eigenvalue weighted by Crippen LogP contribution is 2.35. The minimum atomic E-state index is -1.01. The van der Waals surface area contributed by atoms with E-state index in [0.717, 1.165) is 39.2 Å². The van der Waals surface area contributed by atoms with Gasteiger partial charge in [0.1, 0.15) is 5.66 Å². The second-order valence-corrected chi connectivity index (χ2v) is 11.1. The standard InChI is InChI=1S/C43H41N3/c1-6-10-20-35(9-4)43(44,29-11-7-2)45-40-25-17-15-23-37(40)32(5)30-33(19-8-3)34-27-28-42-39(31-34)38-24-16-18-26-41(38)46(42)36-21-13-12-14-22-36/h6-31,45H,2-4,44H2,1,5H3/b10-6-,29-11-,32-30+,33-19+,35-20+. The van der Waals surface area contributed by atoms with Crippen molar-refractivity contribution < 1.29 is 0 Å². The van der Waals surface area contributed by atoms with E-state index in [1.165, 1.54) is 21.8 Å². The van der Waals surface area contributed by atoms with E-state index < -0.39 is 5.66 Å². The molecule has 0 bridgehead atoms. The second kappa shape index (κ2) is 14.4. The van der Waals surface area contributed by atoms with E-state index in [4.69, 9.17) is 5.73 Å². The first kappa shape index (κ1) is 31.8. The number of rotatable bonds is 12. The predicted molar refractivity (Wildman–Crippen MR) is 202 cm³/mol. The molecule has 228 valence electrons. The topological polar surface area (TPSA) is 43.0 Å². The van der Waals surface area contributed by atoms with Gasteiger partial charge in [0.15, 0.2) is 0 Å². The van der Waals surface area contributed by atoms with Crippen molar-refractivity contribution >= 4 is 38.6 Å². The lowest BCUT2D eigenvalue weighted by Gasteiger charge is -2.31. The van der Waals surface area contributed by atoms with Crippen LogP contribution in [0.25, 0.3) is 38.6 Å². The lowest BCUT2D eigenvalue weighted by atomic mass is 9.95. The fourth-order valence-corrected chi connectivity index (χ4v) is 5.84. The highest BCUT2D eigenvalue weighted by Gasteiger charge is 2.25. The molecule has 1 aromatic heterocycles. The lowest BCUT2D eigenvalue weighted by Crippen LogP contribution is -2.47. The van der Waals surface area contributed by atoms with Crippen LogP contribution in [-0.4, -0.2) is 10.2 Å². The van der Waals surface area contributed by atoms with Crippen LogP contribution >= 0.6 is 0 Å². The van der Waals surface area contributed by atoms with Crippen molar-refractivity contribution in [3.63, 3.8) is 0 Å². The zero-order valence-electron chi connectivity index (χ0n) is 26.7. The van der Waals surface area contributed by atoms with Crippen LogP contribution < -0.4 is 11.1 Å². The summed E-state index contributed by atoms with van der Waals surface area (Å²) < 4.78 is 2.33. The van der Waals surface area contributed by atoms with Gasteiger partial charge in [0.05, 0.1) is 11.0 Å². The molecule has 0 saturated carbocycles. The fraction of sp³-hybridized carbons (Fsp3) is 0.0698. The summed E-state index contributed by atoms with van der Waals surface area (Å²) >= 11 is 0. The molecule has 1 atom stereocenters. The molecular weight excluding hydrogens is 558 g/mol. The molecule has 5 aromatic rings. The van der Waals surface area contributed by atoms with Gasteiger partial charge in [0.25, 0.3) is 0 Å². The summed E-state index contributed by atoms with van der Waals surface area (Å²) in [5.74, 6) is 0. The molecule has 46 heavy (non-hydrogen) atoms. The van der Waals surface area contributed by atoms with E-state index in [0.29, 0.717) is 0 Å². The van der Waals surface area contributed by atoms with Crippen molar-refractivity contribution in [3.05, 3.63) is 194 Å². The van der Waals surface area contributed by atoms with Crippen LogP contribution in [0.5, 0.6) is 0 Å². The third-order valence-corrected chi connectivity index (χ3v) is 8.04. The molecule has 0 aliphatic carbocycles. The van der Waals surface area contributed by atoms with Gasteiger partial charge < -0.3 is 15.6 Å². The van der Waals surface area contributed by atoms with Gasteiger partial charge in [-0.05, 0) is 78.6 Å². The normalized spacial score (nSPS) is 14.2. The lowest BCUT2D eigenvalue weighted by molar-refractivity contribution is 0.721. The number of benzene rings is 4. The Labute approximate surface area is 273 Å². The SMILES string of the molecule is C=C/C=C\C(N)(Nc1ccccc1/C(C)=C/C(=C\C=C)c1ccc2c(c1)c1ccccc1n2-c1ccccc1)/C(C=C)=C/C=C\C. The van der Waals surface area contributed by atoms with Crippen LogP contribution in [-0.2, 0) is 0 Å². The van der Waals surface area contributed by atoms with Crippen molar-refractivity contribution in [3.8, 4) is 5.69 Å². The zero-order valence-corrected chi connectivity index (χ0v) is 26.7. The third kappa shape index (κ3) is 6.56. The maximum Gasteiger partial charge on any atom is 0.132 e. The molecular formula is C43H41N3. The van der Waals surface area contributed by atoms with Crippen LogP contribution in [0.2, 0.25) is 0 Å². The Kier molecular flexibility index (Phi) is 9.97. The minimum absolute atomic E-state index is 0.829. The Morgan fingerprint density at radius 3 is 2.24 bits per heavy atom. The first-order valence-electron chi connectivity index (χ1n) is 15.5. The number of nitrogens with one attached hydrogen (secondary N) is 1. The molecule has 0 saturated heterocycles. The number of hydrogen-bond donors (Lipinski definition) is 2. The number of nitrogens with two attached hydrogens (primary N) is 1. The Bertz CT molecular complexity index is 2050. The van der Waals surface area contributed by atoms with E-state index in [9.17, 15) is 0 Å². The molecule has 4 aromatic carbocycles. The third-order valence-electron chi connectivity index (χ3n) is 8.04. The van der Waals surface area contributed by atoms with Crippen LogP contribution in [0.3, 0.4) is 0 Å². The summed E-state index contributed by atoms with van der Waals surface area (Å²) in [4.78, 5) is 0. The summed E-state index contributed by atoms with van der Waals surface area (Å²) in [7, 11) is 0. The van der Waals surface area contributed by atoms with Crippen molar-refractivity contribution in [2.45, 2.75) is 19.5 Å². The quantitative estimate of drug-likeness (QED) is 0.111. The number of fused-ring (bicyclic) bond motifs is 3. The van der Waals surface area contributed by atoms with Crippen molar-refractivity contribution in [2.24, 2.45) is 5.73 Å². The van der Waals surface area contributed by atoms with Gasteiger partial charge in [-0.1, -0.05) is 135 Å². The number of nitrogens with zero attached hydrogens (tertiary/aromatic N) is 1. The van der Waals surface area contributed by atoms with Gasteiger partial charge in [0.2, 0.25) is 0 Å². The van der Waals surface area contributed by atoms with Crippen molar-refractivity contribution in [1.82, 2.24) is 4.57 Å². The number of aromatic nitrogens is 1. The summed E-state index contributed by atoms with van der Waals surface area (Å²) in [6, 6.07) is 34.0. The molecule has 0 amide bonds.